The Kier molecular flexibility index (Phi) is 4.94. The van der Waals surface area contributed by atoms with Crippen molar-refractivity contribution < 1.29 is 13.7 Å². The largest absolute Gasteiger partial charge is 0.494 e. The molecule has 0 spiro atoms. The summed E-state index contributed by atoms with van der Waals surface area (Å²) in [5, 5.41) is 10.9. The lowest BCUT2D eigenvalue weighted by Gasteiger charge is -2.32. The van der Waals surface area contributed by atoms with Crippen molar-refractivity contribution in [2.24, 2.45) is 0 Å². The number of hydrogen-bond acceptors (Lipinski definition) is 3. The van der Waals surface area contributed by atoms with E-state index in [1.54, 1.807) is 0 Å². The molecule has 0 aliphatic carbocycles. The minimum Gasteiger partial charge on any atom is -0.439 e. The molecule has 43 heavy (non-hydrogen) atoms. The Morgan fingerprint density at radius 1 is 0.535 bits per heavy atom. The third-order valence-electron chi connectivity index (χ3n) is 9.82. The summed E-state index contributed by atoms with van der Waals surface area (Å²) in [7, 11) is -0.439. The Bertz CT molecular complexity index is 2380. The number of benzene rings is 6. The lowest BCUT2D eigenvalue weighted by Crippen LogP contribution is -2.41. The molecule has 5 heteroatoms. The Morgan fingerprint density at radius 2 is 1.09 bits per heavy atom. The number of furan rings is 1. The number of nitrogens with zero attached hydrogens (tertiary/aromatic N) is 1. The predicted octanol–water partition coefficient (Wildman–Crippen LogP) is 9.29. The van der Waals surface area contributed by atoms with E-state index >= 15 is 0 Å². The van der Waals surface area contributed by atoms with E-state index in [1.807, 2.05) is 12.1 Å². The van der Waals surface area contributed by atoms with Crippen LogP contribution in [0.1, 0.15) is 27.7 Å². The maximum absolute atomic E-state index is 6.62. The molecule has 0 radical (unpaired) electrons. The van der Waals surface area contributed by atoms with E-state index < -0.39 is 18.3 Å². The van der Waals surface area contributed by atoms with Gasteiger partial charge in [-0.25, -0.2) is 0 Å². The average Bonchev–Trinajstić information content (AvgIpc) is 3.61. The Morgan fingerprint density at radius 3 is 1.74 bits per heavy atom. The van der Waals surface area contributed by atoms with E-state index in [0.717, 1.165) is 44.1 Å². The van der Waals surface area contributed by atoms with Crippen molar-refractivity contribution in [3.05, 3.63) is 109 Å². The topological polar surface area (TPSA) is 36.5 Å². The quantitative estimate of drug-likeness (QED) is 0.156. The summed E-state index contributed by atoms with van der Waals surface area (Å²) in [6.45, 7) is 8.37. The summed E-state index contributed by atoms with van der Waals surface area (Å²) in [4.78, 5) is 0. The van der Waals surface area contributed by atoms with Gasteiger partial charge in [-0.05, 0) is 89.7 Å². The number of hydrogen-bond donors (Lipinski definition) is 0. The van der Waals surface area contributed by atoms with Crippen LogP contribution in [0, 0.1) is 0 Å². The molecule has 8 aromatic rings. The first kappa shape index (κ1) is 25.0. The van der Waals surface area contributed by atoms with E-state index in [0.29, 0.717) is 0 Å². The first-order valence-corrected chi connectivity index (χ1v) is 15.0. The third kappa shape index (κ3) is 3.41. The lowest BCUT2D eigenvalue weighted by molar-refractivity contribution is 0.00578. The van der Waals surface area contributed by atoms with E-state index in [9.17, 15) is 0 Å². The molecule has 2 aromatic heterocycles. The van der Waals surface area contributed by atoms with Crippen LogP contribution in [0.15, 0.2) is 114 Å². The van der Waals surface area contributed by atoms with Gasteiger partial charge in [0.05, 0.1) is 22.1 Å². The van der Waals surface area contributed by atoms with Crippen molar-refractivity contribution in [1.82, 2.24) is 4.57 Å². The second-order valence-electron chi connectivity index (χ2n) is 12.8. The van der Waals surface area contributed by atoms with Crippen molar-refractivity contribution in [2.45, 2.75) is 38.9 Å². The fourth-order valence-corrected chi connectivity index (χ4v) is 6.93. The zero-order chi connectivity index (χ0) is 29.1. The molecule has 1 aliphatic rings. The van der Waals surface area contributed by atoms with Crippen LogP contribution in [0.4, 0.5) is 0 Å². The fraction of sp³-hybridized carbons (Fsp3) is 0.158. The minimum absolute atomic E-state index is 0.408. The van der Waals surface area contributed by atoms with Gasteiger partial charge >= 0.3 is 7.12 Å². The zero-order valence-electron chi connectivity index (χ0n) is 24.6. The summed E-state index contributed by atoms with van der Waals surface area (Å²) in [6, 6.07) is 39.0. The molecule has 1 fully saturated rings. The summed E-state index contributed by atoms with van der Waals surface area (Å²) in [6.07, 6.45) is 0. The van der Waals surface area contributed by atoms with Crippen molar-refractivity contribution in [3.63, 3.8) is 0 Å². The third-order valence-corrected chi connectivity index (χ3v) is 9.82. The smallest absolute Gasteiger partial charge is 0.439 e. The number of fused-ring (bicyclic) bond motifs is 11. The Hall–Kier alpha value is -4.58. The van der Waals surface area contributed by atoms with Crippen molar-refractivity contribution in [2.75, 3.05) is 0 Å². The molecular formula is C38H30BNO3. The van der Waals surface area contributed by atoms with Gasteiger partial charge in [0.25, 0.3) is 0 Å². The van der Waals surface area contributed by atoms with E-state index in [1.165, 1.54) is 32.3 Å². The second kappa shape index (κ2) is 8.50. The van der Waals surface area contributed by atoms with E-state index in [4.69, 9.17) is 13.7 Å². The molecule has 3 heterocycles. The van der Waals surface area contributed by atoms with Gasteiger partial charge in [0, 0.05) is 16.5 Å². The molecular weight excluding hydrogens is 529 g/mol. The fourth-order valence-electron chi connectivity index (χ4n) is 6.93. The molecule has 0 unspecified atom stereocenters. The van der Waals surface area contributed by atoms with Gasteiger partial charge in [-0.2, -0.15) is 0 Å². The summed E-state index contributed by atoms with van der Waals surface area (Å²) < 4.78 is 21.8. The predicted molar refractivity (Wildman–Crippen MR) is 179 cm³/mol. The summed E-state index contributed by atoms with van der Waals surface area (Å²) in [5.41, 5.74) is 4.06. The van der Waals surface area contributed by atoms with Crippen molar-refractivity contribution in [3.8, 4) is 5.69 Å². The SMILES string of the molecule is CC1(C)OB(c2ccc3c(c2)c2c4ccccc4oc2n3-c2ccc3c4ccccc4c4ccccc4c3c2)OC1(C)C. The highest BCUT2D eigenvalue weighted by molar-refractivity contribution is 6.62. The summed E-state index contributed by atoms with van der Waals surface area (Å²) >= 11 is 0. The first-order chi connectivity index (χ1) is 20.8. The van der Waals surface area contributed by atoms with Crippen LogP contribution in [0.5, 0.6) is 0 Å². The maximum atomic E-state index is 6.62. The second-order valence-corrected chi connectivity index (χ2v) is 12.8. The van der Waals surface area contributed by atoms with Crippen LogP contribution in [0.3, 0.4) is 0 Å². The molecule has 4 nitrogen and oxygen atoms in total. The Labute approximate surface area is 249 Å². The number of para-hydroxylation sites is 1. The van der Waals surface area contributed by atoms with Crippen LogP contribution in [-0.2, 0) is 9.31 Å². The molecule has 1 aliphatic heterocycles. The number of aromatic nitrogens is 1. The van der Waals surface area contributed by atoms with Crippen LogP contribution in [0.2, 0.25) is 0 Å². The van der Waals surface area contributed by atoms with E-state index in [-0.39, 0.29) is 0 Å². The van der Waals surface area contributed by atoms with Gasteiger partial charge in [-0.1, -0.05) is 84.9 Å². The molecule has 0 bridgehead atoms. The molecule has 6 aromatic carbocycles. The normalized spacial score (nSPS) is 16.5. The maximum Gasteiger partial charge on any atom is 0.494 e. The van der Waals surface area contributed by atoms with Crippen molar-refractivity contribution >= 4 is 77.9 Å². The van der Waals surface area contributed by atoms with Gasteiger partial charge < -0.3 is 13.7 Å². The highest BCUT2D eigenvalue weighted by Gasteiger charge is 2.51. The first-order valence-electron chi connectivity index (χ1n) is 15.0. The molecule has 9 rings (SSSR count). The van der Waals surface area contributed by atoms with Crippen LogP contribution in [-0.4, -0.2) is 22.9 Å². The van der Waals surface area contributed by atoms with Crippen LogP contribution >= 0.6 is 0 Å². The van der Waals surface area contributed by atoms with E-state index in [2.05, 4.69) is 129 Å². The van der Waals surface area contributed by atoms with Crippen LogP contribution in [0.25, 0.3) is 71.0 Å². The van der Waals surface area contributed by atoms with Gasteiger partial charge in [0.15, 0.2) is 0 Å². The average molecular weight is 559 g/mol. The van der Waals surface area contributed by atoms with Crippen molar-refractivity contribution in [1.29, 1.82) is 0 Å². The molecule has 0 saturated carbocycles. The lowest BCUT2D eigenvalue weighted by atomic mass is 9.78. The monoisotopic (exact) mass is 559 g/mol. The molecule has 208 valence electrons. The molecule has 0 amide bonds. The highest BCUT2D eigenvalue weighted by atomic mass is 16.7. The Balaban J connectivity index is 1.34. The molecule has 0 atom stereocenters. The van der Waals surface area contributed by atoms with Crippen LogP contribution < -0.4 is 5.46 Å². The molecule has 1 saturated heterocycles. The van der Waals surface area contributed by atoms with Gasteiger partial charge in [0.2, 0.25) is 5.71 Å². The minimum atomic E-state index is -0.439. The van der Waals surface area contributed by atoms with Gasteiger partial charge in [-0.15, -0.1) is 0 Å². The summed E-state index contributed by atoms with van der Waals surface area (Å²) in [5.74, 6) is 0. The van der Waals surface area contributed by atoms with Gasteiger partial charge in [-0.3, -0.25) is 4.57 Å². The highest BCUT2D eigenvalue weighted by Crippen LogP contribution is 2.42. The van der Waals surface area contributed by atoms with Gasteiger partial charge in [0.1, 0.15) is 5.58 Å². The standard InChI is InChI=1S/C38H30BNO3/c1-37(2)38(3,4)43-39(42-37)23-17-20-33-32(21-23)35-30-15-9-10-16-34(30)41-36(35)40(33)24-18-19-29-27-13-6-5-11-25(27)26-12-7-8-14-28(26)31(29)22-24/h5-22H,1-4H3. The number of rotatable bonds is 2. The zero-order valence-corrected chi connectivity index (χ0v) is 24.6. The molecule has 0 N–H and O–H groups in total.